The van der Waals surface area contributed by atoms with Crippen molar-refractivity contribution in [2.24, 2.45) is 0 Å². The van der Waals surface area contributed by atoms with Crippen LogP contribution in [0.25, 0.3) is 0 Å². The van der Waals surface area contributed by atoms with Crippen molar-refractivity contribution in [2.75, 3.05) is 13.2 Å². The summed E-state index contributed by atoms with van der Waals surface area (Å²) in [5, 5.41) is 2.73. The zero-order valence-electron chi connectivity index (χ0n) is 18.4. The van der Waals surface area contributed by atoms with Crippen LogP contribution < -0.4 is 10.1 Å². The van der Waals surface area contributed by atoms with Crippen LogP contribution in [0.2, 0.25) is 0 Å². The van der Waals surface area contributed by atoms with Gasteiger partial charge in [-0.25, -0.2) is 13.2 Å². The third-order valence-corrected chi connectivity index (χ3v) is 6.39. The van der Waals surface area contributed by atoms with Crippen LogP contribution in [0.15, 0.2) is 51.8 Å². The number of sulfone groups is 1. The number of benzene rings is 2. The van der Waals surface area contributed by atoms with Gasteiger partial charge in [0.05, 0.1) is 12.4 Å². The highest BCUT2D eigenvalue weighted by molar-refractivity contribution is 9.10. The van der Waals surface area contributed by atoms with Crippen molar-refractivity contribution in [2.45, 2.75) is 56.8 Å². The van der Waals surface area contributed by atoms with Crippen LogP contribution in [0.3, 0.4) is 0 Å². The van der Waals surface area contributed by atoms with Gasteiger partial charge in [-0.1, -0.05) is 40.2 Å². The largest absolute Gasteiger partial charge is 0.493 e. The van der Waals surface area contributed by atoms with Gasteiger partial charge in [0.25, 0.3) is 0 Å². The number of hydrogen-bond donors (Lipinski definition) is 1. The summed E-state index contributed by atoms with van der Waals surface area (Å²) in [6, 6.07) is 12.5. The highest BCUT2D eigenvalue weighted by atomic mass is 79.9. The molecule has 0 fully saturated rings. The fraction of sp³-hybridized carbons (Fsp3) is 0.435. The molecule has 0 saturated carbocycles. The summed E-state index contributed by atoms with van der Waals surface area (Å²) in [4.78, 5) is 11.9. The van der Waals surface area contributed by atoms with Crippen molar-refractivity contribution < 1.29 is 22.7 Å². The van der Waals surface area contributed by atoms with Crippen LogP contribution in [-0.4, -0.2) is 33.3 Å². The Hall–Kier alpha value is -2.06. The first-order valence-corrected chi connectivity index (χ1v) is 12.6. The van der Waals surface area contributed by atoms with Crippen molar-refractivity contribution in [1.29, 1.82) is 0 Å². The molecule has 0 saturated heterocycles. The molecular formula is C23H30BrNO5S. The molecule has 0 aliphatic rings. The first-order valence-electron chi connectivity index (χ1n) is 10.2. The van der Waals surface area contributed by atoms with Crippen LogP contribution in [0.4, 0.5) is 4.79 Å². The smallest absolute Gasteiger partial charge is 0.407 e. The van der Waals surface area contributed by atoms with Crippen LogP contribution >= 0.6 is 15.9 Å². The van der Waals surface area contributed by atoms with Gasteiger partial charge in [0.2, 0.25) is 0 Å². The molecule has 0 bridgehead atoms. The summed E-state index contributed by atoms with van der Waals surface area (Å²) < 4.78 is 37.5. The highest BCUT2D eigenvalue weighted by Gasteiger charge is 2.21. The van der Waals surface area contributed by atoms with Gasteiger partial charge in [-0.05, 0) is 69.9 Å². The van der Waals surface area contributed by atoms with Crippen LogP contribution in [0.1, 0.15) is 45.2 Å². The molecule has 0 aliphatic carbocycles. The first-order chi connectivity index (χ1) is 14.5. The lowest BCUT2D eigenvalue weighted by molar-refractivity contribution is 0.0527. The van der Waals surface area contributed by atoms with E-state index in [4.69, 9.17) is 9.47 Å². The number of nitrogens with one attached hydrogen (secondary N) is 1. The van der Waals surface area contributed by atoms with E-state index in [1.54, 1.807) is 24.3 Å². The molecule has 0 atom stereocenters. The Morgan fingerprint density at radius 3 is 2.48 bits per heavy atom. The minimum Gasteiger partial charge on any atom is -0.493 e. The number of amides is 1. The number of alkyl carbamates (subject to hydrolysis) is 1. The second-order valence-corrected chi connectivity index (χ2v) is 11.0. The molecule has 0 heterocycles. The normalized spacial score (nSPS) is 11.8. The van der Waals surface area contributed by atoms with E-state index in [-0.39, 0.29) is 10.6 Å². The van der Waals surface area contributed by atoms with E-state index in [9.17, 15) is 13.2 Å². The number of halogens is 1. The molecule has 31 heavy (non-hydrogen) atoms. The van der Waals surface area contributed by atoms with Crippen LogP contribution in [-0.2, 0) is 26.7 Å². The number of carbonyl (C=O) groups excluding carboxylic acids is 1. The molecule has 1 N–H and O–H groups in total. The molecule has 2 rings (SSSR count). The molecule has 0 radical (unpaired) electrons. The van der Waals surface area contributed by atoms with Crippen molar-refractivity contribution in [3.8, 4) is 5.75 Å². The number of rotatable bonds is 9. The summed E-state index contributed by atoms with van der Waals surface area (Å²) in [7, 11) is -3.59. The van der Waals surface area contributed by atoms with E-state index in [1.165, 1.54) is 0 Å². The van der Waals surface area contributed by atoms with Gasteiger partial charge >= 0.3 is 6.09 Å². The lowest BCUT2D eigenvalue weighted by atomic mass is 10.1. The molecule has 6 nitrogen and oxygen atoms in total. The molecule has 0 aromatic heterocycles. The Balaban J connectivity index is 2.01. The summed E-state index contributed by atoms with van der Waals surface area (Å²) in [6.07, 6.45) is 0.992. The van der Waals surface area contributed by atoms with Gasteiger partial charge in [-0.3, -0.25) is 0 Å². The predicted octanol–water partition coefficient (Wildman–Crippen LogP) is 5.28. The van der Waals surface area contributed by atoms with Crippen molar-refractivity contribution in [3.63, 3.8) is 0 Å². The van der Waals surface area contributed by atoms with Gasteiger partial charge in [-0.2, -0.15) is 0 Å². The number of carbonyl (C=O) groups is 1. The fourth-order valence-electron chi connectivity index (χ4n) is 2.97. The quantitative estimate of drug-likeness (QED) is 0.463. The lowest BCUT2D eigenvalue weighted by Crippen LogP contribution is -2.33. The van der Waals surface area contributed by atoms with Gasteiger partial charge in [0.1, 0.15) is 16.2 Å². The van der Waals surface area contributed by atoms with Crippen molar-refractivity contribution >= 4 is 31.9 Å². The lowest BCUT2D eigenvalue weighted by Gasteiger charge is -2.19. The molecule has 2 aromatic rings. The van der Waals surface area contributed by atoms with Gasteiger partial charge < -0.3 is 14.8 Å². The second-order valence-electron chi connectivity index (χ2n) is 8.14. The predicted molar refractivity (Wildman–Crippen MR) is 125 cm³/mol. The second kappa shape index (κ2) is 11.0. The summed E-state index contributed by atoms with van der Waals surface area (Å²) in [5.41, 5.74) is 1.19. The molecule has 0 spiro atoms. The SMILES string of the molecule is CCOc1ccc(Br)cc1S(=O)(=O)Cc1cccc(CCCNC(=O)OC(C)(C)C)c1. The van der Waals surface area contributed by atoms with Gasteiger partial charge in [0, 0.05) is 11.0 Å². The third kappa shape index (κ3) is 8.53. The van der Waals surface area contributed by atoms with Gasteiger partial charge in [-0.15, -0.1) is 0 Å². The third-order valence-electron chi connectivity index (χ3n) is 4.20. The first kappa shape index (κ1) is 25.2. The van der Waals surface area contributed by atoms with E-state index < -0.39 is 21.5 Å². The average Bonchev–Trinajstić information content (AvgIpc) is 2.65. The maximum atomic E-state index is 13.0. The van der Waals surface area contributed by atoms with Crippen molar-refractivity contribution in [3.05, 3.63) is 58.1 Å². The van der Waals surface area contributed by atoms with Crippen LogP contribution in [0.5, 0.6) is 5.75 Å². The highest BCUT2D eigenvalue weighted by Crippen LogP contribution is 2.30. The molecule has 170 valence electrons. The number of aryl methyl sites for hydroxylation is 1. The fourth-order valence-corrected chi connectivity index (χ4v) is 5.00. The number of hydrogen-bond acceptors (Lipinski definition) is 5. The Labute approximate surface area is 193 Å². The Bertz CT molecular complexity index is 999. The molecule has 0 unspecified atom stereocenters. The Morgan fingerprint density at radius 2 is 1.81 bits per heavy atom. The maximum absolute atomic E-state index is 13.0. The van der Waals surface area contributed by atoms with Crippen LogP contribution in [0, 0.1) is 0 Å². The molecule has 0 aliphatic heterocycles. The van der Waals surface area contributed by atoms with E-state index in [2.05, 4.69) is 21.2 Å². The van der Waals surface area contributed by atoms with Gasteiger partial charge in [0.15, 0.2) is 9.84 Å². The van der Waals surface area contributed by atoms with E-state index in [1.807, 2.05) is 45.9 Å². The number of ether oxygens (including phenoxy) is 2. The molecule has 8 heteroatoms. The molecular weight excluding hydrogens is 482 g/mol. The zero-order valence-corrected chi connectivity index (χ0v) is 20.8. The zero-order chi connectivity index (χ0) is 23.1. The Morgan fingerprint density at radius 1 is 1.10 bits per heavy atom. The summed E-state index contributed by atoms with van der Waals surface area (Å²) >= 11 is 3.34. The van der Waals surface area contributed by atoms with Crippen molar-refractivity contribution in [1.82, 2.24) is 5.32 Å². The van der Waals surface area contributed by atoms with E-state index >= 15 is 0 Å². The average molecular weight is 512 g/mol. The Kier molecular flexibility index (Phi) is 8.94. The maximum Gasteiger partial charge on any atom is 0.407 e. The van der Waals surface area contributed by atoms with E-state index in [0.717, 1.165) is 12.0 Å². The molecule has 2 aromatic carbocycles. The standard InChI is InChI=1S/C23H30BrNO5S/c1-5-29-20-12-11-19(24)15-21(20)31(27,28)16-18-9-6-8-17(14-18)10-7-13-25-22(26)30-23(2,3)4/h6,8-9,11-12,14-15H,5,7,10,13,16H2,1-4H3,(H,25,26). The van der Waals surface area contributed by atoms with E-state index in [0.29, 0.717) is 35.4 Å². The minimum atomic E-state index is -3.59. The monoisotopic (exact) mass is 511 g/mol. The topological polar surface area (TPSA) is 81.7 Å². The minimum absolute atomic E-state index is 0.118. The molecule has 1 amide bonds. The summed E-state index contributed by atoms with van der Waals surface area (Å²) in [5.74, 6) is 0.239. The summed E-state index contributed by atoms with van der Waals surface area (Å²) in [6.45, 7) is 8.14.